The summed E-state index contributed by atoms with van der Waals surface area (Å²) in [5.41, 5.74) is 1.75. The maximum atomic E-state index is 12.1. The fourth-order valence-electron chi connectivity index (χ4n) is 2.11. The van der Waals surface area contributed by atoms with Crippen molar-refractivity contribution in [3.05, 3.63) is 63.6 Å². The minimum atomic E-state index is -0.229. The van der Waals surface area contributed by atoms with Crippen LogP contribution in [0.2, 0.25) is 10.0 Å². The van der Waals surface area contributed by atoms with Gasteiger partial charge in [-0.25, -0.2) is 0 Å². The van der Waals surface area contributed by atoms with Gasteiger partial charge in [0.1, 0.15) is 0 Å². The molecule has 0 radical (unpaired) electrons. The third-order valence-corrected chi connectivity index (χ3v) is 4.07. The van der Waals surface area contributed by atoms with Crippen molar-refractivity contribution in [1.29, 1.82) is 0 Å². The SMILES string of the molecule is CCCNC(=O)c1ccc(NC(=O)Cc2c(Cl)cccc2Cl)cc1. The van der Waals surface area contributed by atoms with Gasteiger partial charge in [0, 0.05) is 27.8 Å². The second-order valence-electron chi connectivity index (χ2n) is 5.26. The molecule has 0 aliphatic carbocycles. The highest BCUT2D eigenvalue weighted by Crippen LogP contribution is 2.25. The van der Waals surface area contributed by atoms with E-state index >= 15 is 0 Å². The predicted octanol–water partition coefficient (Wildman–Crippen LogP) is 4.31. The van der Waals surface area contributed by atoms with Gasteiger partial charge in [0.15, 0.2) is 0 Å². The molecule has 2 N–H and O–H groups in total. The number of benzene rings is 2. The topological polar surface area (TPSA) is 58.2 Å². The second kappa shape index (κ2) is 8.71. The number of nitrogens with one attached hydrogen (secondary N) is 2. The average molecular weight is 365 g/mol. The van der Waals surface area contributed by atoms with E-state index in [9.17, 15) is 9.59 Å². The summed E-state index contributed by atoms with van der Waals surface area (Å²) in [6.45, 7) is 2.63. The van der Waals surface area contributed by atoms with E-state index in [1.165, 1.54) is 0 Å². The highest BCUT2D eigenvalue weighted by Gasteiger charge is 2.11. The Morgan fingerprint density at radius 1 is 1.00 bits per heavy atom. The first-order chi connectivity index (χ1) is 11.5. The number of amides is 2. The first-order valence-corrected chi connectivity index (χ1v) is 8.38. The molecule has 0 unspecified atom stereocenters. The summed E-state index contributed by atoms with van der Waals surface area (Å²) in [4.78, 5) is 24.0. The van der Waals surface area contributed by atoms with E-state index in [1.54, 1.807) is 42.5 Å². The van der Waals surface area contributed by atoms with Crippen LogP contribution in [0.15, 0.2) is 42.5 Å². The van der Waals surface area contributed by atoms with Gasteiger partial charge in [-0.2, -0.15) is 0 Å². The summed E-state index contributed by atoms with van der Waals surface area (Å²) in [7, 11) is 0. The first kappa shape index (κ1) is 18.3. The van der Waals surface area contributed by atoms with Crippen molar-refractivity contribution in [2.24, 2.45) is 0 Å². The molecule has 2 rings (SSSR count). The van der Waals surface area contributed by atoms with Gasteiger partial charge in [-0.05, 0) is 48.4 Å². The van der Waals surface area contributed by atoms with Crippen molar-refractivity contribution in [3.63, 3.8) is 0 Å². The van der Waals surface area contributed by atoms with Gasteiger partial charge in [-0.15, -0.1) is 0 Å². The van der Waals surface area contributed by atoms with Gasteiger partial charge in [0.2, 0.25) is 5.91 Å². The molecular formula is C18H18Cl2N2O2. The molecule has 4 nitrogen and oxygen atoms in total. The lowest BCUT2D eigenvalue weighted by atomic mass is 10.1. The van der Waals surface area contributed by atoms with Crippen LogP contribution in [0.3, 0.4) is 0 Å². The van der Waals surface area contributed by atoms with Crippen LogP contribution in [0.1, 0.15) is 29.3 Å². The highest BCUT2D eigenvalue weighted by atomic mass is 35.5. The zero-order valence-corrected chi connectivity index (χ0v) is 14.7. The minimum Gasteiger partial charge on any atom is -0.352 e. The summed E-state index contributed by atoms with van der Waals surface area (Å²) < 4.78 is 0. The van der Waals surface area contributed by atoms with E-state index in [-0.39, 0.29) is 18.2 Å². The molecule has 2 aromatic rings. The standard InChI is InChI=1S/C18H18Cl2N2O2/c1-2-10-21-18(24)12-6-8-13(9-7-12)22-17(23)11-14-15(19)4-3-5-16(14)20/h3-9H,2,10-11H2,1H3,(H,21,24)(H,22,23). The van der Waals surface area contributed by atoms with Gasteiger partial charge >= 0.3 is 0 Å². The zero-order valence-electron chi connectivity index (χ0n) is 13.2. The molecule has 6 heteroatoms. The van der Waals surface area contributed by atoms with Crippen LogP contribution in [0.5, 0.6) is 0 Å². The first-order valence-electron chi connectivity index (χ1n) is 7.62. The van der Waals surface area contributed by atoms with Crippen molar-refractivity contribution in [2.75, 3.05) is 11.9 Å². The predicted molar refractivity (Wildman–Crippen MR) is 97.9 cm³/mol. The van der Waals surface area contributed by atoms with Crippen LogP contribution in [0.4, 0.5) is 5.69 Å². The van der Waals surface area contributed by atoms with Crippen molar-refractivity contribution in [3.8, 4) is 0 Å². The summed E-state index contributed by atoms with van der Waals surface area (Å²) >= 11 is 12.1. The Kier molecular flexibility index (Phi) is 6.64. The Morgan fingerprint density at radius 3 is 2.21 bits per heavy atom. The molecule has 0 fully saturated rings. The third-order valence-electron chi connectivity index (χ3n) is 3.37. The molecule has 0 saturated carbocycles. The van der Waals surface area contributed by atoms with E-state index in [2.05, 4.69) is 10.6 Å². The molecule has 126 valence electrons. The summed E-state index contributed by atoms with van der Waals surface area (Å²) in [6, 6.07) is 11.8. The molecule has 2 amide bonds. The molecule has 0 bridgehead atoms. The average Bonchev–Trinajstić information content (AvgIpc) is 2.57. The van der Waals surface area contributed by atoms with Crippen LogP contribution < -0.4 is 10.6 Å². The quantitative estimate of drug-likeness (QED) is 0.801. The van der Waals surface area contributed by atoms with E-state index in [0.29, 0.717) is 33.4 Å². The monoisotopic (exact) mass is 364 g/mol. The van der Waals surface area contributed by atoms with Crippen LogP contribution >= 0.6 is 23.2 Å². The van der Waals surface area contributed by atoms with E-state index in [4.69, 9.17) is 23.2 Å². The van der Waals surface area contributed by atoms with Crippen LogP contribution in [0, 0.1) is 0 Å². The molecule has 24 heavy (non-hydrogen) atoms. The number of rotatable bonds is 6. The van der Waals surface area contributed by atoms with E-state index < -0.39 is 0 Å². The maximum Gasteiger partial charge on any atom is 0.251 e. The number of carbonyl (C=O) groups is 2. The molecule has 0 heterocycles. The summed E-state index contributed by atoms with van der Waals surface area (Å²) in [5, 5.41) is 6.48. The van der Waals surface area contributed by atoms with Gasteiger partial charge in [-0.1, -0.05) is 36.2 Å². The lowest BCUT2D eigenvalue weighted by Gasteiger charge is -2.09. The largest absolute Gasteiger partial charge is 0.352 e. The number of halogens is 2. The van der Waals surface area contributed by atoms with Crippen LogP contribution in [0.25, 0.3) is 0 Å². The lowest BCUT2D eigenvalue weighted by Crippen LogP contribution is -2.23. The minimum absolute atomic E-state index is 0.0806. The van der Waals surface area contributed by atoms with Gasteiger partial charge < -0.3 is 10.6 Å². The van der Waals surface area contributed by atoms with Crippen molar-refractivity contribution >= 4 is 40.7 Å². The number of hydrogen-bond donors (Lipinski definition) is 2. The molecular weight excluding hydrogens is 347 g/mol. The van der Waals surface area contributed by atoms with Gasteiger partial charge in [0.05, 0.1) is 6.42 Å². The van der Waals surface area contributed by atoms with E-state index in [0.717, 1.165) is 6.42 Å². The van der Waals surface area contributed by atoms with Crippen molar-refractivity contribution in [2.45, 2.75) is 19.8 Å². The summed E-state index contributed by atoms with van der Waals surface area (Å²) in [5.74, 6) is -0.356. The maximum absolute atomic E-state index is 12.1. The molecule has 0 aliphatic heterocycles. The smallest absolute Gasteiger partial charge is 0.251 e. The summed E-state index contributed by atoms with van der Waals surface area (Å²) in [6.07, 6.45) is 0.960. The molecule has 2 aromatic carbocycles. The van der Waals surface area contributed by atoms with Crippen LogP contribution in [-0.2, 0) is 11.2 Å². The molecule has 0 aliphatic rings. The highest BCUT2D eigenvalue weighted by molar-refractivity contribution is 6.36. The number of anilines is 1. The molecule has 0 atom stereocenters. The Hall–Kier alpha value is -2.04. The van der Waals surface area contributed by atoms with Crippen LogP contribution in [-0.4, -0.2) is 18.4 Å². The van der Waals surface area contributed by atoms with Gasteiger partial charge in [-0.3, -0.25) is 9.59 Å². The van der Waals surface area contributed by atoms with E-state index in [1.807, 2.05) is 6.92 Å². The second-order valence-corrected chi connectivity index (χ2v) is 6.07. The normalized spacial score (nSPS) is 10.3. The van der Waals surface area contributed by atoms with Gasteiger partial charge in [0.25, 0.3) is 5.91 Å². The number of hydrogen-bond acceptors (Lipinski definition) is 2. The van der Waals surface area contributed by atoms with Crippen molar-refractivity contribution in [1.82, 2.24) is 5.32 Å². The Morgan fingerprint density at radius 2 is 1.62 bits per heavy atom. The lowest BCUT2D eigenvalue weighted by molar-refractivity contribution is -0.115. The fourth-order valence-corrected chi connectivity index (χ4v) is 2.64. The molecule has 0 saturated heterocycles. The number of carbonyl (C=O) groups excluding carboxylic acids is 2. The molecule has 0 aromatic heterocycles. The molecule has 0 spiro atoms. The Balaban J connectivity index is 1.98. The Bertz CT molecular complexity index is 710. The van der Waals surface area contributed by atoms with Crippen molar-refractivity contribution < 1.29 is 9.59 Å². The Labute approximate surface area is 151 Å². The zero-order chi connectivity index (χ0) is 17.5. The fraction of sp³-hybridized carbons (Fsp3) is 0.222. The third kappa shape index (κ3) is 4.98.